The van der Waals surface area contributed by atoms with Gasteiger partial charge in [-0.15, -0.1) is 10.1 Å². The molecule has 0 bridgehead atoms. The lowest BCUT2D eigenvalue weighted by Gasteiger charge is -1.82. The zero-order valence-corrected chi connectivity index (χ0v) is 10.2. The molecule has 0 aliphatic heterocycles. The smallest absolute Gasteiger partial charge is 0.466 e. The van der Waals surface area contributed by atoms with Crippen LogP contribution in [0.1, 0.15) is 20.3 Å². The van der Waals surface area contributed by atoms with Crippen LogP contribution >= 0.6 is 7.82 Å². The van der Waals surface area contributed by atoms with Crippen LogP contribution in [0.2, 0.25) is 0 Å². The second-order valence-corrected chi connectivity index (χ2v) is 3.04. The number of carboxylic acids is 2. The van der Waals surface area contributed by atoms with Gasteiger partial charge >= 0.3 is 13.8 Å². The molecule has 13 heteroatoms. The van der Waals surface area contributed by atoms with Crippen LogP contribution in [-0.4, -0.2) is 47.1 Å². The first-order valence-electron chi connectivity index (χ1n) is 3.76. The van der Waals surface area contributed by atoms with Crippen molar-refractivity contribution < 1.29 is 49.3 Å². The molecular formula is C5H14NO11P. The largest absolute Gasteiger partial charge is 0.481 e. The molecule has 6 N–H and O–H groups in total. The highest BCUT2D eigenvalue weighted by molar-refractivity contribution is 7.45. The zero-order valence-electron chi connectivity index (χ0n) is 9.33. The monoisotopic (exact) mass is 295 g/mol. The molecule has 12 nitrogen and oxygen atoms in total. The number of phosphoric acid groups is 1. The molecule has 110 valence electrons. The molecule has 0 heterocycles. The molecule has 0 aromatic rings. The quantitative estimate of drug-likeness (QED) is 0.202. The molecule has 0 radical (unpaired) electrons. The summed E-state index contributed by atoms with van der Waals surface area (Å²) in [6.07, 6.45) is 0.222. The lowest BCUT2D eigenvalue weighted by Crippen LogP contribution is -1.86. The maximum Gasteiger partial charge on any atom is 0.466 e. The van der Waals surface area contributed by atoms with Gasteiger partial charge in [0.05, 0.1) is 0 Å². The molecule has 18 heavy (non-hydrogen) atoms. The van der Waals surface area contributed by atoms with E-state index in [1.54, 1.807) is 6.92 Å². The summed E-state index contributed by atoms with van der Waals surface area (Å²) in [6.45, 7) is 2.68. The Morgan fingerprint density at radius 2 is 1.28 bits per heavy atom. The first kappa shape index (κ1) is 25.2. The fourth-order valence-corrected chi connectivity index (χ4v) is 0. The number of aliphatic carboxylic acids is 2. The summed E-state index contributed by atoms with van der Waals surface area (Å²) in [5.41, 5.74) is 0. The van der Waals surface area contributed by atoms with E-state index in [1.165, 1.54) is 0 Å². The van der Waals surface area contributed by atoms with Crippen LogP contribution in [0.4, 0.5) is 0 Å². The van der Waals surface area contributed by atoms with Gasteiger partial charge in [-0.05, 0) is 0 Å². The van der Waals surface area contributed by atoms with E-state index in [4.69, 9.17) is 49.6 Å². The Balaban J connectivity index is -0.0000000731. The summed E-state index contributed by atoms with van der Waals surface area (Å²) in [5, 5.41) is 28.8. The lowest BCUT2D eigenvalue weighted by atomic mass is 10.5. The summed E-state index contributed by atoms with van der Waals surface area (Å²) in [4.78, 5) is 48.3. The summed E-state index contributed by atoms with van der Waals surface area (Å²) >= 11 is 0. The Morgan fingerprint density at radius 3 is 1.28 bits per heavy atom. The zero-order chi connectivity index (χ0) is 15.9. The number of carboxylic acid groups (broad SMARTS) is 2. The van der Waals surface area contributed by atoms with Crippen molar-refractivity contribution >= 4 is 19.8 Å². The molecule has 0 amide bonds. The van der Waals surface area contributed by atoms with E-state index >= 15 is 0 Å². The van der Waals surface area contributed by atoms with E-state index in [1.807, 2.05) is 0 Å². The van der Waals surface area contributed by atoms with Crippen LogP contribution < -0.4 is 0 Å². The van der Waals surface area contributed by atoms with Crippen LogP contribution in [-0.2, 0) is 14.2 Å². The van der Waals surface area contributed by atoms with Crippen molar-refractivity contribution in [3.05, 3.63) is 10.1 Å². The van der Waals surface area contributed by atoms with Gasteiger partial charge in [-0.25, -0.2) is 4.57 Å². The molecule has 0 spiro atoms. The minimum atomic E-state index is -4.64. The minimum Gasteiger partial charge on any atom is -0.481 e. The first-order chi connectivity index (χ1) is 7.73. The first-order valence-corrected chi connectivity index (χ1v) is 5.33. The minimum absolute atomic E-state index is 0.222. The average molecular weight is 295 g/mol. The molecule has 0 unspecified atom stereocenters. The van der Waals surface area contributed by atoms with Crippen molar-refractivity contribution in [2.45, 2.75) is 20.3 Å². The van der Waals surface area contributed by atoms with Gasteiger partial charge < -0.3 is 30.1 Å². The lowest BCUT2D eigenvalue weighted by molar-refractivity contribution is -0.742. The van der Waals surface area contributed by atoms with Crippen molar-refractivity contribution in [2.24, 2.45) is 0 Å². The topological polar surface area (TPSA) is 216 Å². The van der Waals surface area contributed by atoms with E-state index in [9.17, 15) is 4.79 Å². The maximum absolute atomic E-state index is 9.37. The number of hydrogen-bond acceptors (Lipinski definition) is 5. The molecule has 0 aliphatic carbocycles. The van der Waals surface area contributed by atoms with Gasteiger partial charge in [0.1, 0.15) is 0 Å². The van der Waals surface area contributed by atoms with Gasteiger partial charge in [0.15, 0.2) is 0 Å². The van der Waals surface area contributed by atoms with E-state index in [-0.39, 0.29) is 6.42 Å². The van der Waals surface area contributed by atoms with Gasteiger partial charge in [-0.3, -0.25) is 9.59 Å². The third-order valence-corrected chi connectivity index (χ3v) is 0.302. The summed E-state index contributed by atoms with van der Waals surface area (Å²) in [7, 11) is -4.64. The fourth-order valence-electron chi connectivity index (χ4n) is 0. The van der Waals surface area contributed by atoms with Crippen molar-refractivity contribution in [1.82, 2.24) is 0 Å². The molecule has 0 aromatic carbocycles. The Kier molecular flexibility index (Phi) is 21.3. The van der Waals surface area contributed by atoms with Crippen molar-refractivity contribution in [2.75, 3.05) is 0 Å². The molecule has 0 fully saturated rings. The van der Waals surface area contributed by atoms with Crippen LogP contribution in [0.15, 0.2) is 0 Å². The van der Waals surface area contributed by atoms with Crippen molar-refractivity contribution in [1.29, 1.82) is 0 Å². The normalized spacial score (nSPS) is 8.06. The Labute approximate surface area is 100 Å². The predicted octanol–water partition coefficient (Wildman–Crippen LogP) is -0.704. The van der Waals surface area contributed by atoms with E-state index < -0.39 is 24.8 Å². The molecule has 0 saturated carbocycles. The summed E-state index contributed by atoms with van der Waals surface area (Å²) < 4.78 is 8.88. The molecule has 0 atom stereocenters. The van der Waals surface area contributed by atoms with Crippen molar-refractivity contribution in [3.63, 3.8) is 0 Å². The van der Waals surface area contributed by atoms with Crippen LogP contribution in [0, 0.1) is 10.1 Å². The standard InChI is InChI=1S/C3H6O2.C2H4O2.HNO3.H3O4P/c1-2-3(4)5;1-2(3)4;2-1(3)4;1-5(2,3)4/h2H2,1H3,(H,4,5);1H3,(H,3,4);(H,2,3,4);(H3,1,2,3,4). The highest BCUT2D eigenvalue weighted by Gasteiger charge is 2.00. The van der Waals surface area contributed by atoms with Gasteiger partial charge in [-0.2, -0.15) is 0 Å². The Morgan fingerprint density at radius 1 is 1.22 bits per heavy atom. The van der Waals surface area contributed by atoms with Crippen LogP contribution in [0.3, 0.4) is 0 Å². The average Bonchev–Trinajstić information content (AvgIpc) is 1.98. The molecule has 0 rings (SSSR count). The van der Waals surface area contributed by atoms with Crippen LogP contribution in [0.25, 0.3) is 0 Å². The van der Waals surface area contributed by atoms with Crippen molar-refractivity contribution in [3.8, 4) is 0 Å². The van der Waals surface area contributed by atoms with E-state index in [0.29, 0.717) is 0 Å². The molecule has 0 aromatic heterocycles. The fraction of sp³-hybridized carbons (Fsp3) is 0.600. The Bertz CT molecular complexity index is 255. The Hall–Kier alpha value is -1.75. The van der Waals surface area contributed by atoms with E-state index in [2.05, 4.69) is 0 Å². The summed E-state index contributed by atoms with van der Waals surface area (Å²) in [5.74, 6) is -1.58. The van der Waals surface area contributed by atoms with E-state index in [0.717, 1.165) is 6.92 Å². The molecular weight excluding hydrogens is 281 g/mol. The molecule has 0 saturated heterocycles. The van der Waals surface area contributed by atoms with Gasteiger partial charge in [-0.1, -0.05) is 6.92 Å². The number of carbonyl (C=O) groups is 2. The van der Waals surface area contributed by atoms with Gasteiger partial charge in [0, 0.05) is 13.3 Å². The second-order valence-electron chi connectivity index (χ2n) is 2.02. The van der Waals surface area contributed by atoms with Gasteiger partial charge in [0.25, 0.3) is 11.1 Å². The number of hydrogen-bond donors (Lipinski definition) is 6. The molecule has 0 aliphatic rings. The predicted molar refractivity (Wildman–Crippen MR) is 54.3 cm³/mol. The highest BCUT2D eigenvalue weighted by atomic mass is 31.2. The number of nitrogens with zero attached hydrogens (tertiary/aromatic N) is 1. The number of rotatable bonds is 1. The second kappa shape index (κ2) is 15.2. The summed E-state index contributed by atoms with van der Waals surface area (Å²) in [6, 6.07) is 0. The van der Waals surface area contributed by atoms with Gasteiger partial charge in [0.2, 0.25) is 0 Å². The highest BCUT2D eigenvalue weighted by Crippen LogP contribution is 2.25. The maximum atomic E-state index is 9.37. The van der Waals surface area contributed by atoms with Crippen LogP contribution in [0.5, 0.6) is 0 Å². The SMILES string of the molecule is CC(=O)O.CCC(=O)O.O=P(O)(O)O.O=[N+]([O-])O. The third kappa shape index (κ3) is 40000. The third-order valence-electron chi connectivity index (χ3n) is 0.302.